The van der Waals surface area contributed by atoms with Gasteiger partial charge in [0.25, 0.3) is 5.91 Å². The first-order valence-corrected chi connectivity index (χ1v) is 11.4. The fraction of sp³-hybridized carbons (Fsp3) is 0.208. The highest BCUT2D eigenvalue weighted by atomic mass is 31.1. The molecule has 2 aromatic carbocycles. The number of fused-ring (bicyclic) bond motifs is 2. The topological polar surface area (TPSA) is 72.0 Å². The van der Waals surface area contributed by atoms with Crippen LogP contribution in [0.25, 0.3) is 10.9 Å². The van der Waals surface area contributed by atoms with Crippen LogP contribution < -0.4 is 9.42 Å². The number of benzene rings is 2. The van der Waals surface area contributed by atoms with Gasteiger partial charge in [-0.3, -0.25) is 14.7 Å². The molecule has 1 aromatic heterocycles. The number of ether oxygens (including phenoxy) is 1. The van der Waals surface area contributed by atoms with Gasteiger partial charge in [-0.1, -0.05) is 18.7 Å². The van der Waals surface area contributed by atoms with E-state index in [-0.39, 0.29) is 40.2 Å². The molecule has 1 atom stereocenters. The molecule has 0 saturated heterocycles. The number of anilines is 1. The number of carbonyl (C=O) groups excluding carboxylic acids is 2. The molecule has 1 aliphatic rings. The van der Waals surface area contributed by atoms with Crippen molar-refractivity contribution < 1.29 is 23.2 Å². The molecule has 0 N–H and O–H groups in total. The number of hydrogen-bond donors (Lipinski definition) is 0. The van der Waals surface area contributed by atoms with Gasteiger partial charge in [0.2, 0.25) is 0 Å². The highest BCUT2D eigenvalue weighted by Crippen LogP contribution is 2.46. The zero-order chi connectivity index (χ0) is 23.5. The summed E-state index contributed by atoms with van der Waals surface area (Å²) in [5.74, 6) is 1.40. The van der Waals surface area contributed by atoms with E-state index in [0.29, 0.717) is 33.5 Å². The summed E-state index contributed by atoms with van der Waals surface area (Å²) >= 11 is 0. The molecule has 0 fully saturated rings. The molecule has 0 saturated carbocycles. The number of carbonyl (C=O) groups is 2. The lowest BCUT2D eigenvalue weighted by Crippen LogP contribution is -2.28. The largest absolute Gasteiger partial charge is 0.470 e. The van der Waals surface area contributed by atoms with Crippen molar-refractivity contribution in [2.75, 3.05) is 18.6 Å². The van der Waals surface area contributed by atoms with Crippen LogP contribution in [0, 0.1) is 5.82 Å². The van der Waals surface area contributed by atoms with E-state index < -0.39 is 6.09 Å². The van der Waals surface area contributed by atoms with Gasteiger partial charge in [-0.2, -0.15) is 0 Å². The molecule has 2 amide bonds. The van der Waals surface area contributed by atoms with E-state index in [9.17, 15) is 14.0 Å². The number of aromatic nitrogens is 1. The summed E-state index contributed by atoms with van der Waals surface area (Å²) in [6.45, 7) is 6.20. The van der Waals surface area contributed by atoms with Gasteiger partial charge in [0.1, 0.15) is 11.3 Å². The lowest BCUT2D eigenvalue weighted by molar-refractivity contribution is 0.0765. The SMILES string of the molecule is C=CPOc1c2c(c(N(C)C(=O)OCC)c3cccnc13)CN(Cc1ccc(F)cc1)C2=O. The van der Waals surface area contributed by atoms with Gasteiger partial charge >= 0.3 is 6.09 Å². The molecule has 0 aliphatic carbocycles. The zero-order valence-corrected chi connectivity index (χ0v) is 19.3. The monoisotopic (exact) mass is 467 g/mol. The predicted octanol–water partition coefficient (Wildman–Crippen LogP) is 5.24. The van der Waals surface area contributed by atoms with Crippen LogP contribution in [0.3, 0.4) is 0 Å². The smallest absolute Gasteiger partial charge is 0.414 e. The summed E-state index contributed by atoms with van der Waals surface area (Å²) in [4.78, 5) is 33.7. The Morgan fingerprint density at radius 1 is 1.33 bits per heavy atom. The molecule has 170 valence electrons. The molecule has 7 nitrogen and oxygen atoms in total. The number of hydrogen-bond acceptors (Lipinski definition) is 5. The summed E-state index contributed by atoms with van der Waals surface area (Å²) < 4.78 is 24.5. The maximum atomic E-state index is 13.6. The predicted molar refractivity (Wildman–Crippen MR) is 126 cm³/mol. The minimum atomic E-state index is -0.532. The Labute approximate surface area is 192 Å². The highest BCUT2D eigenvalue weighted by Gasteiger charge is 2.37. The molecular weight excluding hydrogens is 444 g/mol. The minimum absolute atomic E-state index is 0.0741. The minimum Gasteiger partial charge on any atom is -0.470 e. The summed E-state index contributed by atoms with van der Waals surface area (Å²) in [5.41, 5.74) is 2.84. The van der Waals surface area contributed by atoms with E-state index in [1.165, 1.54) is 17.0 Å². The van der Waals surface area contributed by atoms with E-state index >= 15 is 0 Å². The summed E-state index contributed by atoms with van der Waals surface area (Å²) in [6.07, 6.45) is 1.08. The third kappa shape index (κ3) is 4.26. The summed E-state index contributed by atoms with van der Waals surface area (Å²) in [6, 6.07) is 9.62. The molecule has 0 radical (unpaired) electrons. The van der Waals surface area contributed by atoms with Gasteiger partial charge in [0.05, 0.1) is 26.7 Å². The number of amides is 2. The number of pyridine rings is 1. The van der Waals surface area contributed by atoms with Crippen molar-refractivity contribution in [3.63, 3.8) is 0 Å². The van der Waals surface area contributed by atoms with Gasteiger partial charge in [-0.05, 0) is 42.6 Å². The lowest BCUT2D eigenvalue weighted by Gasteiger charge is -2.23. The molecule has 3 aromatic rings. The number of rotatable bonds is 7. The van der Waals surface area contributed by atoms with E-state index in [1.807, 2.05) is 6.07 Å². The average Bonchev–Trinajstić information content (AvgIpc) is 3.13. The van der Waals surface area contributed by atoms with Gasteiger partial charge in [0, 0.05) is 37.3 Å². The van der Waals surface area contributed by atoms with Crippen molar-refractivity contribution in [2.45, 2.75) is 20.0 Å². The second kappa shape index (κ2) is 9.55. The van der Waals surface area contributed by atoms with Crippen LogP contribution in [0.4, 0.5) is 14.9 Å². The standard InChI is InChI=1S/C24H23FN3O4P/c1-4-31-24(30)27(3)21-17-7-6-12-26-20(17)22(32-33-5-2)19-18(21)14-28(23(19)29)13-15-8-10-16(25)11-9-15/h5-12,33H,2,4,13-14H2,1,3H3. The van der Waals surface area contributed by atoms with Crippen LogP contribution in [0.1, 0.15) is 28.4 Å². The number of nitrogens with zero attached hydrogens (tertiary/aromatic N) is 3. The van der Waals surface area contributed by atoms with E-state index in [1.54, 1.807) is 49.1 Å². The van der Waals surface area contributed by atoms with Crippen molar-refractivity contribution in [2.24, 2.45) is 0 Å². The number of halogens is 1. The maximum Gasteiger partial charge on any atom is 0.414 e. The van der Waals surface area contributed by atoms with Crippen LogP contribution in [-0.4, -0.2) is 35.5 Å². The zero-order valence-electron chi connectivity index (χ0n) is 18.3. The highest BCUT2D eigenvalue weighted by molar-refractivity contribution is 7.36. The molecule has 2 heterocycles. The van der Waals surface area contributed by atoms with Crippen LogP contribution in [0.2, 0.25) is 0 Å². The first kappa shape index (κ1) is 22.7. The molecule has 1 aliphatic heterocycles. The summed E-state index contributed by atoms with van der Waals surface area (Å²) in [5, 5.41) is 0.673. The molecule has 0 bridgehead atoms. The molecule has 9 heteroatoms. The second-order valence-corrected chi connectivity index (χ2v) is 8.25. The average molecular weight is 467 g/mol. The van der Waals surface area contributed by atoms with Crippen LogP contribution in [0.5, 0.6) is 5.75 Å². The summed E-state index contributed by atoms with van der Waals surface area (Å²) in [7, 11) is 1.54. The van der Waals surface area contributed by atoms with Crippen molar-refractivity contribution in [1.82, 2.24) is 9.88 Å². The van der Waals surface area contributed by atoms with Crippen molar-refractivity contribution in [3.05, 3.63) is 77.5 Å². The molecule has 4 rings (SSSR count). The van der Waals surface area contributed by atoms with E-state index in [4.69, 9.17) is 9.26 Å². The van der Waals surface area contributed by atoms with Crippen LogP contribution in [-0.2, 0) is 17.8 Å². The molecule has 33 heavy (non-hydrogen) atoms. The van der Waals surface area contributed by atoms with Crippen molar-refractivity contribution >= 4 is 37.4 Å². The Hall–Kier alpha value is -3.51. The molecule has 1 unspecified atom stereocenters. The van der Waals surface area contributed by atoms with Crippen LogP contribution >= 0.6 is 8.81 Å². The van der Waals surface area contributed by atoms with Gasteiger partial charge in [-0.15, -0.1) is 0 Å². The Kier molecular flexibility index (Phi) is 6.56. The Morgan fingerprint density at radius 2 is 2.09 bits per heavy atom. The maximum absolute atomic E-state index is 13.6. The Morgan fingerprint density at radius 3 is 2.79 bits per heavy atom. The normalized spacial score (nSPS) is 12.9. The van der Waals surface area contributed by atoms with E-state index in [0.717, 1.165) is 5.56 Å². The Bertz CT molecular complexity index is 1230. The van der Waals surface area contributed by atoms with Gasteiger partial charge in [-0.25, -0.2) is 9.18 Å². The van der Waals surface area contributed by atoms with Gasteiger partial charge in [0.15, 0.2) is 5.75 Å². The first-order valence-electron chi connectivity index (χ1n) is 10.4. The first-order chi connectivity index (χ1) is 16.0. The fourth-order valence-corrected chi connectivity index (χ4v) is 4.35. The van der Waals surface area contributed by atoms with Crippen LogP contribution in [0.15, 0.2) is 55.0 Å². The second-order valence-electron chi connectivity index (χ2n) is 7.40. The van der Waals surface area contributed by atoms with Gasteiger partial charge < -0.3 is 14.2 Å². The van der Waals surface area contributed by atoms with E-state index in [2.05, 4.69) is 11.6 Å². The fourth-order valence-electron chi connectivity index (χ4n) is 3.95. The van der Waals surface area contributed by atoms with Crippen molar-refractivity contribution in [1.29, 1.82) is 0 Å². The molecule has 0 spiro atoms. The third-order valence-electron chi connectivity index (χ3n) is 5.35. The Balaban J connectivity index is 1.88. The third-order valence-corrected chi connectivity index (χ3v) is 5.84. The lowest BCUT2D eigenvalue weighted by atomic mass is 10.0. The molecular formula is C24H23FN3O4P. The van der Waals surface area contributed by atoms with Crippen molar-refractivity contribution in [3.8, 4) is 5.75 Å². The quantitative estimate of drug-likeness (QED) is 0.445.